The highest BCUT2D eigenvalue weighted by Crippen LogP contribution is 2.29. The van der Waals surface area contributed by atoms with Gasteiger partial charge in [0.2, 0.25) is 0 Å². The van der Waals surface area contributed by atoms with Crippen LogP contribution in [0.5, 0.6) is 5.75 Å². The van der Waals surface area contributed by atoms with Crippen LogP contribution in [0.15, 0.2) is 30.3 Å². The normalized spacial score (nSPS) is 25.7. The second-order valence-electron chi connectivity index (χ2n) is 11.2. The van der Waals surface area contributed by atoms with Gasteiger partial charge in [0.05, 0.1) is 22.8 Å². The SMILES string of the molecule is N#Cc1ccc(OC2CCC(NC(=O)c3ccc(C#CC4CCC(N5CCC(O)CC5)CC4)nn3)CC2)cc1Cl. The molecule has 5 rings (SSSR count). The molecule has 9 heteroatoms. The molecule has 8 nitrogen and oxygen atoms in total. The Morgan fingerprint density at radius 3 is 2.40 bits per heavy atom. The van der Waals surface area contributed by atoms with Crippen molar-refractivity contribution < 1.29 is 14.6 Å². The van der Waals surface area contributed by atoms with E-state index in [-0.39, 0.29) is 24.2 Å². The van der Waals surface area contributed by atoms with E-state index < -0.39 is 0 Å². The minimum atomic E-state index is -0.223. The van der Waals surface area contributed by atoms with E-state index in [1.807, 2.05) is 6.07 Å². The zero-order valence-electron chi connectivity index (χ0n) is 22.7. The lowest BCUT2D eigenvalue weighted by molar-refractivity contribution is 0.0479. The van der Waals surface area contributed by atoms with Gasteiger partial charge in [0.1, 0.15) is 17.5 Å². The molecule has 1 aromatic carbocycles. The molecule has 2 aliphatic carbocycles. The molecular weight excluding hydrogens is 526 g/mol. The van der Waals surface area contributed by atoms with Crippen LogP contribution in [0.25, 0.3) is 0 Å². The number of nitrogens with zero attached hydrogens (tertiary/aromatic N) is 4. The smallest absolute Gasteiger partial charge is 0.272 e. The molecule has 1 aliphatic heterocycles. The van der Waals surface area contributed by atoms with Crippen LogP contribution in [-0.2, 0) is 0 Å². The number of amides is 1. The van der Waals surface area contributed by atoms with Gasteiger partial charge in [0.25, 0.3) is 5.91 Å². The molecule has 1 amide bonds. The molecule has 0 spiro atoms. The molecule has 40 heavy (non-hydrogen) atoms. The van der Waals surface area contributed by atoms with Crippen LogP contribution in [0.3, 0.4) is 0 Å². The molecule has 1 aromatic heterocycles. The van der Waals surface area contributed by atoms with E-state index in [2.05, 4.69) is 32.3 Å². The van der Waals surface area contributed by atoms with E-state index in [0.717, 1.165) is 77.3 Å². The van der Waals surface area contributed by atoms with Crippen molar-refractivity contribution in [2.75, 3.05) is 13.1 Å². The number of carbonyl (C=O) groups excluding carboxylic acids is 1. The first kappa shape index (κ1) is 28.4. The van der Waals surface area contributed by atoms with Crippen molar-refractivity contribution in [1.29, 1.82) is 5.26 Å². The van der Waals surface area contributed by atoms with E-state index in [1.165, 1.54) is 0 Å². The summed E-state index contributed by atoms with van der Waals surface area (Å²) in [6.07, 6.45) is 9.40. The summed E-state index contributed by atoms with van der Waals surface area (Å²) in [5.41, 5.74) is 1.31. The average molecular weight is 562 g/mol. The summed E-state index contributed by atoms with van der Waals surface area (Å²) in [4.78, 5) is 15.3. The minimum absolute atomic E-state index is 0.0450. The van der Waals surface area contributed by atoms with Crippen molar-refractivity contribution in [3.05, 3.63) is 52.3 Å². The summed E-state index contributed by atoms with van der Waals surface area (Å²) >= 11 is 6.11. The molecule has 210 valence electrons. The van der Waals surface area contributed by atoms with Gasteiger partial charge in [-0.1, -0.05) is 17.5 Å². The number of ether oxygens (including phenoxy) is 1. The van der Waals surface area contributed by atoms with Crippen molar-refractivity contribution in [3.8, 4) is 23.7 Å². The summed E-state index contributed by atoms with van der Waals surface area (Å²) in [7, 11) is 0. The maximum atomic E-state index is 12.7. The predicted octanol–water partition coefficient (Wildman–Crippen LogP) is 4.49. The summed E-state index contributed by atoms with van der Waals surface area (Å²) in [6, 6.07) is 11.3. The number of hydrogen-bond donors (Lipinski definition) is 2. The van der Waals surface area contributed by atoms with Gasteiger partial charge in [0.15, 0.2) is 5.69 Å². The highest BCUT2D eigenvalue weighted by Gasteiger charge is 2.28. The van der Waals surface area contributed by atoms with Crippen LogP contribution >= 0.6 is 11.6 Å². The minimum Gasteiger partial charge on any atom is -0.490 e. The molecule has 3 fully saturated rings. The van der Waals surface area contributed by atoms with Crippen LogP contribution in [0.1, 0.15) is 86.0 Å². The number of likely N-dealkylation sites (tertiary alicyclic amines) is 1. The number of hydrogen-bond acceptors (Lipinski definition) is 7. The van der Waals surface area contributed by atoms with Gasteiger partial charge in [0, 0.05) is 37.2 Å². The van der Waals surface area contributed by atoms with Gasteiger partial charge in [-0.2, -0.15) is 5.26 Å². The number of nitriles is 1. The average Bonchev–Trinajstić information content (AvgIpc) is 2.98. The van der Waals surface area contributed by atoms with E-state index >= 15 is 0 Å². The monoisotopic (exact) mass is 561 g/mol. The third-order valence-electron chi connectivity index (χ3n) is 8.39. The molecule has 2 aromatic rings. The van der Waals surface area contributed by atoms with Gasteiger partial charge in [-0.3, -0.25) is 4.79 Å². The van der Waals surface area contributed by atoms with Gasteiger partial charge in [-0.05, 0) is 94.4 Å². The topological polar surface area (TPSA) is 111 Å². The first-order valence-corrected chi connectivity index (χ1v) is 14.8. The maximum absolute atomic E-state index is 12.7. The van der Waals surface area contributed by atoms with Crippen LogP contribution < -0.4 is 10.1 Å². The van der Waals surface area contributed by atoms with Gasteiger partial charge < -0.3 is 20.1 Å². The van der Waals surface area contributed by atoms with Gasteiger partial charge >= 0.3 is 0 Å². The summed E-state index contributed by atoms with van der Waals surface area (Å²) in [6.45, 7) is 2.01. The highest BCUT2D eigenvalue weighted by molar-refractivity contribution is 6.31. The van der Waals surface area contributed by atoms with Crippen molar-refractivity contribution >= 4 is 17.5 Å². The lowest BCUT2D eigenvalue weighted by Crippen LogP contribution is -2.44. The van der Waals surface area contributed by atoms with Crippen molar-refractivity contribution in [1.82, 2.24) is 20.4 Å². The number of aromatic nitrogens is 2. The van der Waals surface area contributed by atoms with Gasteiger partial charge in [-0.25, -0.2) is 0 Å². The van der Waals surface area contributed by atoms with Crippen LogP contribution in [-0.4, -0.2) is 63.5 Å². The molecule has 1 saturated heterocycles. The number of benzene rings is 1. The lowest BCUT2D eigenvalue weighted by atomic mass is 9.85. The molecule has 0 radical (unpaired) electrons. The lowest BCUT2D eigenvalue weighted by Gasteiger charge is -2.39. The van der Waals surface area contributed by atoms with E-state index in [9.17, 15) is 9.90 Å². The Balaban J connectivity index is 1.04. The van der Waals surface area contributed by atoms with Crippen LogP contribution in [0, 0.1) is 29.1 Å². The Morgan fingerprint density at radius 1 is 1.00 bits per heavy atom. The third kappa shape index (κ3) is 7.52. The van der Waals surface area contributed by atoms with Gasteiger partial charge in [-0.15, -0.1) is 10.2 Å². The number of rotatable bonds is 5. The summed E-state index contributed by atoms with van der Waals surface area (Å²) < 4.78 is 6.04. The molecule has 0 atom stereocenters. The van der Waals surface area contributed by atoms with Crippen molar-refractivity contribution in [2.45, 2.75) is 88.5 Å². The van der Waals surface area contributed by atoms with E-state index in [4.69, 9.17) is 21.6 Å². The number of nitrogens with one attached hydrogen (secondary N) is 1. The van der Waals surface area contributed by atoms with E-state index in [0.29, 0.717) is 39.7 Å². The first-order chi connectivity index (χ1) is 19.5. The second-order valence-corrected chi connectivity index (χ2v) is 11.6. The number of carbonyl (C=O) groups is 1. The Kier molecular flexibility index (Phi) is 9.54. The molecule has 0 unspecified atom stereocenters. The molecule has 0 bridgehead atoms. The largest absolute Gasteiger partial charge is 0.490 e. The Morgan fingerprint density at radius 2 is 1.75 bits per heavy atom. The first-order valence-electron chi connectivity index (χ1n) is 14.4. The maximum Gasteiger partial charge on any atom is 0.272 e. The fourth-order valence-corrected chi connectivity index (χ4v) is 6.18. The molecule has 2 saturated carbocycles. The Labute approximate surface area is 241 Å². The number of piperidine rings is 1. The fraction of sp³-hybridized carbons (Fsp3) is 0.548. The quantitative estimate of drug-likeness (QED) is 0.517. The molecular formula is C31H36ClN5O3. The highest BCUT2D eigenvalue weighted by atomic mass is 35.5. The Bertz CT molecular complexity index is 1260. The third-order valence-corrected chi connectivity index (χ3v) is 8.70. The van der Waals surface area contributed by atoms with Crippen LogP contribution in [0.4, 0.5) is 0 Å². The standard InChI is InChI=1S/C31H36ClN5O3/c32-29-19-28(11-4-22(29)20-33)40-27-12-6-23(7-13-27)34-31(39)30-14-8-24(35-36-30)5-1-21-2-9-25(10-3-21)37-17-15-26(38)16-18-37/h4,8,11,14,19,21,23,25-27,38H,2-3,6-7,9-10,12-13,15-18H2,(H,34,39). The molecule has 2 N–H and O–H groups in total. The fourth-order valence-electron chi connectivity index (χ4n) is 5.97. The predicted molar refractivity (Wildman–Crippen MR) is 152 cm³/mol. The van der Waals surface area contributed by atoms with Crippen LogP contribution in [0.2, 0.25) is 5.02 Å². The second kappa shape index (κ2) is 13.5. The van der Waals surface area contributed by atoms with Crippen molar-refractivity contribution in [2.24, 2.45) is 5.92 Å². The number of aliphatic hydroxyl groups excluding tert-OH is 1. The van der Waals surface area contributed by atoms with Crippen molar-refractivity contribution in [3.63, 3.8) is 0 Å². The molecule has 2 heterocycles. The summed E-state index contributed by atoms with van der Waals surface area (Å²) in [5.74, 6) is 7.32. The van der Waals surface area contributed by atoms with E-state index in [1.54, 1.807) is 30.3 Å². The number of halogens is 1. The zero-order valence-corrected chi connectivity index (χ0v) is 23.4. The molecule has 3 aliphatic rings. The summed E-state index contributed by atoms with van der Waals surface area (Å²) in [5, 5.41) is 30.5. The Hall–Kier alpha value is -3.17. The zero-order chi connectivity index (χ0) is 27.9. The number of aliphatic hydroxyl groups is 1.